The maximum atomic E-state index is 11.0. The fourth-order valence-corrected chi connectivity index (χ4v) is 3.71. The van der Waals surface area contributed by atoms with Crippen molar-refractivity contribution in [2.75, 3.05) is 0 Å². The van der Waals surface area contributed by atoms with Crippen molar-refractivity contribution in [2.24, 2.45) is 0 Å². The molecule has 0 atom stereocenters. The summed E-state index contributed by atoms with van der Waals surface area (Å²) in [4.78, 5) is 15.1. The summed E-state index contributed by atoms with van der Waals surface area (Å²) in [6.07, 6.45) is 3.57. The molecule has 0 fully saturated rings. The Labute approximate surface area is 106 Å². The van der Waals surface area contributed by atoms with Crippen molar-refractivity contribution in [1.82, 2.24) is 4.98 Å². The van der Waals surface area contributed by atoms with Crippen LogP contribution in [0.2, 0.25) is 0 Å². The van der Waals surface area contributed by atoms with E-state index in [1.165, 1.54) is 0 Å². The van der Waals surface area contributed by atoms with Gasteiger partial charge >= 0.3 is 106 Å². The molecule has 1 heterocycles. The molecule has 0 spiro atoms. The predicted molar refractivity (Wildman–Crippen MR) is 66.7 cm³/mol. The molecule has 0 aliphatic heterocycles. The second-order valence-electron chi connectivity index (χ2n) is 3.50. The van der Waals surface area contributed by atoms with E-state index in [9.17, 15) is 4.79 Å². The molecule has 2 rings (SSSR count). The molecule has 1 aromatic heterocycles. The predicted octanol–water partition coefficient (Wildman–Crippen LogP) is 1.31. The third-order valence-electron chi connectivity index (χ3n) is 2.29. The SMILES string of the molecule is O=C(O)c1ccccc1[As]Cc1cccnc1. The summed E-state index contributed by atoms with van der Waals surface area (Å²) in [7, 11) is 0. The van der Waals surface area contributed by atoms with Crippen LogP contribution in [0.5, 0.6) is 0 Å². The van der Waals surface area contributed by atoms with Crippen molar-refractivity contribution in [2.45, 2.75) is 5.21 Å². The van der Waals surface area contributed by atoms with Crippen molar-refractivity contribution in [3.63, 3.8) is 0 Å². The van der Waals surface area contributed by atoms with Gasteiger partial charge in [-0.05, 0) is 0 Å². The van der Waals surface area contributed by atoms with E-state index in [4.69, 9.17) is 5.11 Å². The zero-order valence-electron chi connectivity index (χ0n) is 9.08. The third kappa shape index (κ3) is 3.18. The first kappa shape index (κ1) is 11.9. The Hall–Kier alpha value is -1.60. The number of carbonyl (C=O) groups is 1. The standard InChI is InChI=1S/C13H11AsNO2/c16-13(17)11-5-1-2-6-12(11)14-8-10-4-3-7-15-9-10/h1-7,9H,8H2,(H,16,17). The molecule has 3 nitrogen and oxygen atoms in total. The number of nitrogens with zero attached hydrogens (tertiary/aromatic N) is 1. The average Bonchev–Trinajstić information content (AvgIpc) is 2.38. The zero-order valence-corrected chi connectivity index (χ0v) is 11.0. The molecule has 0 aliphatic carbocycles. The monoisotopic (exact) mass is 288 g/mol. The van der Waals surface area contributed by atoms with E-state index in [0.29, 0.717) is 5.56 Å². The van der Waals surface area contributed by atoms with E-state index in [0.717, 1.165) is 15.1 Å². The maximum absolute atomic E-state index is 11.0. The van der Waals surface area contributed by atoms with Crippen LogP contribution in [0.3, 0.4) is 0 Å². The minimum absolute atomic E-state index is 0.174. The van der Waals surface area contributed by atoms with Gasteiger partial charge in [0.2, 0.25) is 0 Å². The molecule has 0 saturated heterocycles. The molecule has 17 heavy (non-hydrogen) atoms. The summed E-state index contributed by atoms with van der Waals surface area (Å²) in [5.74, 6) is -0.845. The van der Waals surface area contributed by atoms with Gasteiger partial charge in [-0.1, -0.05) is 0 Å². The third-order valence-corrected chi connectivity index (χ3v) is 4.92. The quantitative estimate of drug-likeness (QED) is 0.863. The number of benzene rings is 1. The van der Waals surface area contributed by atoms with Crippen LogP contribution in [-0.2, 0) is 5.21 Å². The number of carboxylic acids is 1. The molecule has 0 aliphatic rings. The van der Waals surface area contributed by atoms with Crippen molar-refractivity contribution < 1.29 is 9.90 Å². The van der Waals surface area contributed by atoms with Gasteiger partial charge in [0.05, 0.1) is 0 Å². The van der Waals surface area contributed by atoms with E-state index in [1.54, 1.807) is 18.3 Å². The van der Waals surface area contributed by atoms with Crippen LogP contribution in [0.1, 0.15) is 15.9 Å². The molecule has 85 valence electrons. The summed E-state index contributed by atoms with van der Waals surface area (Å²) >= 11 is -0.174. The Kier molecular flexibility index (Phi) is 3.94. The molecule has 0 saturated carbocycles. The van der Waals surface area contributed by atoms with E-state index in [-0.39, 0.29) is 15.8 Å². The van der Waals surface area contributed by atoms with Crippen LogP contribution < -0.4 is 4.35 Å². The van der Waals surface area contributed by atoms with E-state index < -0.39 is 5.97 Å². The number of carboxylic acid groups (broad SMARTS) is 1. The van der Waals surface area contributed by atoms with Crippen LogP contribution in [-0.4, -0.2) is 31.8 Å². The summed E-state index contributed by atoms with van der Waals surface area (Å²) in [5.41, 5.74) is 1.59. The molecule has 1 radical (unpaired) electrons. The van der Waals surface area contributed by atoms with Gasteiger partial charge in [0.1, 0.15) is 0 Å². The molecule has 4 heteroatoms. The van der Waals surface area contributed by atoms with Crippen LogP contribution in [0, 0.1) is 0 Å². The summed E-state index contributed by atoms with van der Waals surface area (Å²) in [5, 5.41) is 9.96. The Balaban J connectivity index is 2.12. The van der Waals surface area contributed by atoms with Crippen LogP contribution in [0.15, 0.2) is 48.8 Å². The van der Waals surface area contributed by atoms with E-state index in [2.05, 4.69) is 4.98 Å². The fraction of sp³-hybridized carbons (Fsp3) is 0.0769. The van der Waals surface area contributed by atoms with Crippen molar-refractivity contribution in [1.29, 1.82) is 0 Å². The number of rotatable bonds is 4. The topological polar surface area (TPSA) is 50.2 Å². The van der Waals surface area contributed by atoms with Gasteiger partial charge in [-0.2, -0.15) is 0 Å². The summed E-state index contributed by atoms with van der Waals surface area (Å²) in [6.45, 7) is 0. The number of aromatic nitrogens is 1. The van der Waals surface area contributed by atoms with Crippen molar-refractivity contribution in [3.05, 3.63) is 59.9 Å². The summed E-state index contributed by atoms with van der Waals surface area (Å²) in [6, 6.07) is 11.1. The molecule has 2 aromatic rings. The molecular formula is C13H11AsNO2. The van der Waals surface area contributed by atoms with Gasteiger partial charge in [0.15, 0.2) is 0 Å². The first-order chi connectivity index (χ1) is 8.27. The van der Waals surface area contributed by atoms with Crippen molar-refractivity contribution in [3.8, 4) is 0 Å². The first-order valence-electron chi connectivity index (χ1n) is 5.16. The Morgan fingerprint density at radius 3 is 2.76 bits per heavy atom. The van der Waals surface area contributed by atoms with Gasteiger partial charge in [-0.15, -0.1) is 0 Å². The number of hydrogen-bond donors (Lipinski definition) is 1. The average molecular weight is 288 g/mol. The van der Waals surface area contributed by atoms with Gasteiger partial charge < -0.3 is 0 Å². The van der Waals surface area contributed by atoms with Gasteiger partial charge in [0, 0.05) is 0 Å². The minimum atomic E-state index is -0.845. The van der Waals surface area contributed by atoms with Crippen LogP contribution >= 0.6 is 0 Å². The van der Waals surface area contributed by atoms with Gasteiger partial charge in [-0.3, -0.25) is 0 Å². The fourth-order valence-electron chi connectivity index (χ4n) is 1.46. The van der Waals surface area contributed by atoms with Crippen molar-refractivity contribution >= 4 is 26.1 Å². The number of hydrogen-bond acceptors (Lipinski definition) is 2. The van der Waals surface area contributed by atoms with E-state index in [1.807, 2.05) is 30.5 Å². The molecule has 0 amide bonds. The van der Waals surface area contributed by atoms with Crippen LogP contribution in [0.25, 0.3) is 0 Å². The molecule has 0 bridgehead atoms. The zero-order chi connectivity index (χ0) is 12.1. The number of aromatic carboxylic acids is 1. The molecule has 1 aromatic carbocycles. The first-order valence-corrected chi connectivity index (χ1v) is 7.42. The normalized spacial score (nSPS) is 10.8. The van der Waals surface area contributed by atoms with E-state index >= 15 is 0 Å². The number of pyridine rings is 1. The van der Waals surface area contributed by atoms with Crippen LogP contribution in [0.4, 0.5) is 0 Å². The molecule has 1 N–H and O–H groups in total. The second kappa shape index (κ2) is 5.64. The Morgan fingerprint density at radius 1 is 1.24 bits per heavy atom. The van der Waals surface area contributed by atoms with Gasteiger partial charge in [-0.25, -0.2) is 0 Å². The summed E-state index contributed by atoms with van der Waals surface area (Å²) < 4.78 is 0.958. The molecular weight excluding hydrogens is 277 g/mol. The Bertz CT molecular complexity index is 514. The van der Waals surface area contributed by atoms with Gasteiger partial charge in [0.25, 0.3) is 0 Å². The molecule has 0 unspecified atom stereocenters. The second-order valence-corrected chi connectivity index (χ2v) is 5.84. The Morgan fingerprint density at radius 2 is 2.06 bits per heavy atom.